The summed E-state index contributed by atoms with van der Waals surface area (Å²) in [5, 5.41) is 11.6. The van der Waals surface area contributed by atoms with Crippen molar-refractivity contribution in [3.8, 4) is 0 Å². The first-order valence-corrected chi connectivity index (χ1v) is 3.90. The van der Waals surface area contributed by atoms with Crippen molar-refractivity contribution in [2.45, 2.75) is 6.92 Å². The SMILES string of the molecule is Cc1cc2cc[nH]c2cc1[N+](=O)[O-]. The Hall–Kier alpha value is -1.84. The summed E-state index contributed by atoms with van der Waals surface area (Å²) in [7, 11) is 0. The van der Waals surface area contributed by atoms with Crippen molar-refractivity contribution in [1.82, 2.24) is 4.98 Å². The number of fused-ring (bicyclic) bond motifs is 1. The molecule has 0 saturated heterocycles. The van der Waals surface area contributed by atoms with Crippen LogP contribution in [0.1, 0.15) is 5.56 Å². The standard InChI is InChI=1S/C9H8N2O2/c1-6-4-7-2-3-10-8(7)5-9(6)11(12)13/h2-5,10H,1H3. The first kappa shape index (κ1) is 7.79. The lowest BCUT2D eigenvalue weighted by atomic mass is 10.1. The van der Waals surface area contributed by atoms with Gasteiger partial charge < -0.3 is 4.98 Å². The van der Waals surface area contributed by atoms with Gasteiger partial charge in [-0.1, -0.05) is 0 Å². The van der Waals surface area contributed by atoms with Crippen molar-refractivity contribution in [3.63, 3.8) is 0 Å². The molecule has 4 heteroatoms. The number of aryl methyl sites for hydroxylation is 1. The molecule has 0 amide bonds. The fourth-order valence-corrected chi connectivity index (χ4v) is 1.40. The third-order valence-electron chi connectivity index (χ3n) is 2.07. The maximum absolute atomic E-state index is 10.6. The Kier molecular flexibility index (Phi) is 1.55. The molecule has 0 aliphatic heterocycles. The summed E-state index contributed by atoms with van der Waals surface area (Å²) in [6, 6.07) is 5.26. The molecule has 0 bridgehead atoms. The molecule has 1 aromatic heterocycles. The number of rotatable bonds is 1. The van der Waals surface area contributed by atoms with Crippen LogP contribution in [0.4, 0.5) is 5.69 Å². The maximum Gasteiger partial charge on any atom is 0.274 e. The normalized spacial score (nSPS) is 10.5. The van der Waals surface area contributed by atoms with Crippen LogP contribution in [0.3, 0.4) is 0 Å². The van der Waals surface area contributed by atoms with Crippen LogP contribution in [-0.2, 0) is 0 Å². The molecule has 66 valence electrons. The number of nitro benzene ring substituents is 1. The molecular formula is C9H8N2O2. The van der Waals surface area contributed by atoms with Gasteiger partial charge in [-0.15, -0.1) is 0 Å². The Morgan fingerprint density at radius 1 is 1.46 bits per heavy atom. The molecule has 4 nitrogen and oxygen atoms in total. The third kappa shape index (κ3) is 1.16. The number of hydrogen-bond donors (Lipinski definition) is 1. The van der Waals surface area contributed by atoms with Crippen LogP contribution in [0.25, 0.3) is 10.9 Å². The van der Waals surface area contributed by atoms with Crippen molar-refractivity contribution in [2.75, 3.05) is 0 Å². The van der Waals surface area contributed by atoms with E-state index in [9.17, 15) is 10.1 Å². The molecule has 2 aromatic rings. The van der Waals surface area contributed by atoms with Gasteiger partial charge in [0.1, 0.15) is 0 Å². The molecule has 0 unspecified atom stereocenters. The maximum atomic E-state index is 10.6. The molecule has 13 heavy (non-hydrogen) atoms. The smallest absolute Gasteiger partial charge is 0.274 e. The molecule has 2 rings (SSSR count). The summed E-state index contributed by atoms with van der Waals surface area (Å²) < 4.78 is 0. The van der Waals surface area contributed by atoms with E-state index in [1.165, 1.54) is 0 Å². The van der Waals surface area contributed by atoms with Crippen molar-refractivity contribution >= 4 is 16.6 Å². The van der Waals surface area contributed by atoms with E-state index in [0.717, 1.165) is 10.9 Å². The molecule has 0 saturated carbocycles. The Morgan fingerprint density at radius 3 is 2.92 bits per heavy atom. The Morgan fingerprint density at radius 2 is 2.23 bits per heavy atom. The van der Waals surface area contributed by atoms with Crippen molar-refractivity contribution in [2.24, 2.45) is 0 Å². The number of nitrogens with zero attached hydrogens (tertiary/aromatic N) is 1. The van der Waals surface area contributed by atoms with E-state index in [1.54, 1.807) is 19.2 Å². The van der Waals surface area contributed by atoms with Crippen LogP contribution in [0.15, 0.2) is 24.4 Å². The average Bonchev–Trinajstić information content (AvgIpc) is 2.48. The highest BCUT2D eigenvalue weighted by Crippen LogP contribution is 2.23. The van der Waals surface area contributed by atoms with Crippen LogP contribution < -0.4 is 0 Å². The highest BCUT2D eigenvalue weighted by atomic mass is 16.6. The summed E-state index contributed by atoms with van der Waals surface area (Å²) in [4.78, 5) is 13.2. The van der Waals surface area contributed by atoms with Gasteiger partial charge in [0, 0.05) is 23.2 Å². The van der Waals surface area contributed by atoms with Crippen LogP contribution in [0, 0.1) is 17.0 Å². The lowest BCUT2D eigenvalue weighted by Crippen LogP contribution is -1.90. The van der Waals surface area contributed by atoms with Crippen LogP contribution in [0.2, 0.25) is 0 Å². The minimum atomic E-state index is -0.365. The van der Waals surface area contributed by atoms with Gasteiger partial charge in [0.2, 0.25) is 0 Å². The van der Waals surface area contributed by atoms with Crippen molar-refractivity contribution in [1.29, 1.82) is 0 Å². The summed E-state index contributed by atoms with van der Waals surface area (Å²) in [6.45, 7) is 1.74. The molecular weight excluding hydrogens is 168 g/mol. The molecule has 1 heterocycles. The lowest BCUT2D eigenvalue weighted by Gasteiger charge is -1.96. The van der Waals surface area contributed by atoms with Gasteiger partial charge in [0.05, 0.1) is 10.4 Å². The number of nitrogens with one attached hydrogen (secondary N) is 1. The largest absolute Gasteiger partial charge is 0.361 e. The van der Waals surface area contributed by atoms with Gasteiger partial charge in [-0.2, -0.15) is 0 Å². The van der Waals surface area contributed by atoms with Gasteiger partial charge in [-0.05, 0) is 19.1 Å². The van der Waals surface area contributed by atoms with E-state index in [1.807, 2.05) is 12.1 Å². The summed E-state index contributed by atoms with van der Waals surface area (Å²) in [6.07, 6.45) is 1.77. The highest BCUT2D eigenvalue weighted by Gasteiger charge is 2.11. The van der Waals surface area contributed by atoms with Crippen molar-refractivity contribution in [3.05, 3.63) is 40.1 Å². The van der Waals surface area contributed by atoms with Crippen molar-refractivity contribution < 1.29 is 4.92 Å². The monoisotopic (exact) mass is 176 g/mol. The first-order chi connectivity index (χ1) is 6.18. The fraction of sp³-hybridized carbons (Fsp3) is 0.111. The second-order valence-electron chi connectivity index (χ2n) is 2.96. The van der Waals surface area contributed by atoms with E-state index < -0.39 is 0 Å². The fourth-order valence-electron chi connectivity index (χ4n) is 1.40. The molecule has 0 fully saturated rings. The zero-order valence-corrected chi connectivity index (χ0v) is 7.07. The van der Waals surface area contributed by atoms with E-state index in [4.69, 9.17) is 0 Å². The zero-order valence-electron chi connectivity index (χ0n) is 7.07. The van der Waals surface area contributed by atoms with Gasteiger partial charge in [0.15, 0.2) is 0 Å². The number of H-pyrrole nitrogens is 1. The molecule has 1 aromatic carbocycles. The summed E-state index contributed by atoms with van der Waals surface area (Å²) in [5.74, 6) is 0. The van der Waals surface area contributed by atoms with E-state index in [0.29, 0.717) is 5.56 Å². The van der Waals surface area contributed by atoms with Gasteiger partial charge in [0.25, 0.3) is 5.69 Å². The molecule has 0 radical (unpaired) electrons. The predicted octanol–water partition coefficient (Wildman–Crippen LogP) is 2.38. The Labute approximate surface area is 74.3 Å². The second-order valence-corrected chi connectivity index (χ2v) is 2.96. The van der Waals surface area contributed by atoms with E-state index >= 15 is 0 Å². The van der Waals surface area contributed by atoms with Gasteiger partial charge >= 0.3 is 0 Å². The van der Waals surface area contributed by atoms with Gasteiger partial charge in [-0.3, -0.25) is 10.1 Å². The number of benzene rings is 1. The second kappa shape index (κ2) is 2.58. The quantitative estimate of drug-likeness (QED) is 0.535. The van der Waals surface area contributed by atoms with E-state index in [2.05, 4.69) is 4.98 Å². The molecule has 0 atom stereocenters. The Balaban J connectivity index is 2.76. The van der Waals surface area contributed by atoms with E-state index in [-0.39, 0.29) is 10.6 Å². The topological polar surface area (TPSA) is 58.9 Å². The highest BCUT2D eigenvalue weighted by molar-refractivity contribution is 5.82. The van der Waals surface area contributed by atoms with Crippen LogP contribution >= 0.6 is 0 Å². The van der Waals surface area contributed by atoms with Crippen LogP contribution in [-0.4, -0.2) is 9.91 Å². The minimum absolute atomic E-state index is 0.162. The Bertz CT molecular complexity index is 473. The molecule has 0 aliphatic carbocycles. The average molecular weight is 176 g/mol. The number of aromatic nitrogens is 1. The molecule has 0 spiro atoms. The van der Waals surface area contributed by atoms with Gasteiger partial charge in [-0.25, -0.2) is 0 Å². The number of aromatic amines is 1. The summed E-state index contributed by atoms with van der Waals surface area (Å²) >= 11 is 0. The third-order valence-corrected chi connectivity index (χ3v) is 2.07. The number of nitro groups is 1. The summed E-state index contributed by atoms with van der Waals surface area (Å²) in [5.41, 5.74) is 1.66. The molecule has 1 N–H and O–H groups in total. The predicted molar refractivity (Wildman–Crippen MR) is 49.7 cm³/mol. The molecule has 0 aliphatic rings. The number of hydrogen-bond acceptors (Lipinski definition) is 2. The van der Waals surface area contributed by atoms with Crippen LogP contribution in [0.5, 0.6) is 0 Å². The zero-order chi connectivity index (χ0) is 9.42. The minimum Gasteiger partial charge on any atom is -0.361 e. The lowest BCUT2D eigenvalue weighted by molar-refractivity contribution is -0.385. The first-order valence-electron chi connectivity index (χ1n) is 3.90.